The number of hydrogen-bond acceptors (Lipinski definition) is 4. The number of sulfonamides is 1. The van der Waals surface area contributed by atoms with E-state index in [0.717, 1.165) is 21.2 Å². The number of nitrogens with zero attached hydrogens (tertiary/aromatic N) is 2. The Balaban J connectivity index is 2.21. The minimum absolute atomic E-state index is 0.109. The first kappa shape index (κ1) is 29.8. The van der Waals surface area contributed by atoms with Crippen LogP contribution < -0.4 is 9.62 Å². The van der Waals surface area contributed by atoms with Crippen molar-refractivity contribution in [3.8, 4) is 0 Å². The maximum Gasteiger partial charge on any atom is 0.242 e. The number of carbonyl (C=O) groups excluding carboxylic acids is 2. The molecule has 2 aromatic rings. The van der Waals surface area contributed by atoms with Gasteiger partial charge < -0.3 is 10.2 Å². The molecule has 0 bridgehead atoms. The van der Waals surface area contributed by atoms with Gasteiger partial charge in [-0.15, -0.1) is 0 Å². The number of aryl methyl sites for hydroxylation is 2. The number of benzene rings is 2. The number of carbonyl (C=O) groups is 2. The monoisotopic (exact) mass is 579 g/mol. The topological polar surface area (TPSA) is 86.8 Å². The fourth-order valence-electron chi connectivity index (χ4n) is 3.77. The van der Waals surface area contributed by atoms with Gasteiger partial charge in [0, 0.05) is 29.5 Å². The largest absolute Gasteiger partial charge is 0.350 e. The zero-order valence-electron chi connectivity index (χ0n) is 22.3. The minimum atomic E-state index is -3.53. The minimum Gasteiger partial charge on any atom is -0.350 e. The first-order valence-corrected chi connectivity index (χ1v) is 14.6. The molecule has 9 heteroatoms. The van der Waals surface area contributed by atoms with E-state index in [0.29, 0.717) is 12.1 Å². The van der Waals surface area contributed by atoms with Crippen LogP contribution in [0.25, 0.3) is 0 Å². The van der Waals surface area contributed by atoms with Gasteiger partial charge in [0.05, 0.1) is 11.9 Å². The summed E-state index contributed by atoms with van der Waals surface area (Å²) in [5, 5.41) is 2.95. The van der Waals surface area contributed by atoms with E-state index in [1.807, 2.05) is 71.0 Å². The molecule has 0 saturated carbocycles. The van der Waals surface area contributed by atoms with Crippen molar-refractivity contribution in [1.29, 1.82) is 0 Å². The predicted molar refractivity (Wildman–Crippen MR) is 149 cm³/mol. The summed E-state index contributed by atoms with van der Waals surface area (Å²) in [6.07, 6.45) is 1.60. The zero-order chi connectivity index (χ0) is 27.3. The van der Waals surface area contributed by atoms with Crippen molar-refractivity contribution in [2.75, 3.05) is 17.1 Å². The van der Waals surface area contributed by atoms with Crippen LogP contribution >= 0.6 is 15.9 Å². The highest BCUT2D eigenvalue weighted by atomic mass is 79.9. The number of halogens is 1. The third-order valence-electron chi connectivity index (χ3n) is 5.84. The summed E-state index contributed by atoms with van der Waals surface area (Å²) in [5.74, 6) is -0.446. The number of anilines is 1. The van der Waals surface area contributed by atoms with E-state index in [-0.39, 0.29) is 31.3 Å². The van der Waals surface area contributed by atoms with E-state index in [9.17, 15) is 18.0 Å². The Kier molecular flexibility index (Phi) is 10.1. The Morgan fingerprint density at radius 1 is 1.06 bits per heavy atom. The zero-order valence-corrected chi connectivity index (χ0v) is 24.7. The van der Waals surface area contributed by atoms with Crippen LogP contribution in [-0.4, -0.2) is 49.5 Å². The van der Waals surface area contributed by atoms with E-state index in [4.69, 9.17) is 0 Å². The number of hydrogen-bond donors (Lipinski definition) is 1. The SMILES string of the molecule is Cc1ccc(N(CCCC(=O)N(Cc2cccc(Br)c2)[C@H](C)C(=O)NC(C)(C)C)S(C)(=O)=O)cc1C. The Morgan fingerprint density at radius 3 is 2.28 bits per heavy atom. The molecule has 2 amide bonds. The Bertz CT molecular complexity index is 1190. The number of amides is 2. The molecule has 0 heterocycles. The average molecular weight is 581 g/mol. The maximum atomic E-state index is 13.4. The van der Waals surface area contributed by atoms with Gasteiger partial charge in [0.2, 0.25) is 21.8 Å². The van der Waals surface area contributed by atoms with Crippen molar-refractivity contribution >= 4 is 43.5 Å². The molecule has 0 aliphatic rings. The van der Waals surface area contributed by atoms with Gasteiger partial charge in [-0.1, -0.05) is 34.1 Å². The fourth-order valence-corrected chi connectivity index (χ4v) is 5.18. The Morgan fingerprint density at radius 2 is 1.72 bits per heavy atom. The normalized spacial score (nSPS) is 12.7. The molecular formula is C27H38BrN3O4S. The van der Waals surface area contributed by atoms with Gasteiger partial charge >= 0.3 is 0 Å². The number of nitrogens with one attached hydrogen (secondary N) is 1. The van der Waals surface area contributed by atoms with E-state index in [1.54, 1.807) is 17.9 Å². The van der Waals surface area contributed by atoms with Crippen LogP contribution in [0, 0.1) is 13.8 Å². The van der Waals surface area contributed by atoms with E-state index in [2.05, 4.69) is 21.2 Å². The summed E-state index contributed by atoms with van der Waals surface area (Å²) in [5.41, 5.74) is 3.11. The van der Waals surface area contributed by atoms with Crippen LogP contribution in [0.3, 0.4) is 0 Å². The van der Waals surface area contributed by atoms with Gasteiger partial charge in [-0.25, -0.2) is 8.42 Å². The highest BCUT2D eigenvalue weighted by Gasteiger charge is 2.28. The average Bonchev–Trinajstić information content (AvgIpc) is 2.74. The van der Waals surface area contributed by atoms with Crippen LogP contribution in [0.1, 0.15) is 57.2 Å². The van der Waals surface area contributed by atoms with Crippen molar-refractivity contribution in [1.82, 2.24) is 10.2 Å². The summed E-state index contributed by atoms with van der Waals surface area (Å²) in [6.45, 7) is 11.7. The van der Waals surface area contributed by atoms with Crippen LogP contribution in [0.4, 0.5) is 5.69 Å². The van der Waals surface area contributed by atoms with Crippen LogP contribution in [0.15, 0.2) is 46.9 Å². The van der Waals surface area contributed by atoms with E-state index in [1.165, 1.54) is 10.6 Å². The van der Waals surface area contributed by atoms with E-state index < -0.39 is 21.6 Å². The summed E-state index contributed by atoms with van der Waals surface area (Å²) in [7, 11) is -3.53. The van der Waals surface area contributed by atoms with Crippen molar-refractivity contribution in [3.63, 3.8) is 0 Å². The highest BCUT2D eigenvalue weighted by Crippen LogP contribution is 2.22. The molecule has 1 atom stereocenters. The third kappa shape index (κ3) is 8.92. The molecule has 36 heavy (non-hydrogen) atoms. The van der Waals surface area contributed by atoms with Gasteiger partial charge in [0.15, 0.2) is 0 Å². The lowest BCUT2D eigenvalue weighted by Gasteiger charge is -2.32. The van der Waals surface area contributed by atoms with Gasteiger partial charge in [-0.2, -0.15) is 0 Å². The van der Waals surface area contributed by atoms with Gasteiger partial charge in [0.1, 0.15) is 6.04 Å². The smallest absolute Gasteiger partial charge is 0.242 e. The second-order valence-corrected chi connectivity index (χ2v) is 13.1. The molecule has 0 aliphatic carbocycles. The van der Waals surface area contributed by atoms with E-state index >= 15 is 0 Å². The van der Waals surface area contributed by atoms with Gasteiger partial charge in [-0.05, 0) is 88.9 Å². The molecular weight excluding hydrogens is 542 g/mol. The molecule has 2 aromatic carbocycles. The molecule has 0 aliphatic heterocycles. The molecule has 0 saturated heterocycles. The second-order valence-electron chi connectivity index (χ2n) is 10.3. The fraction of sp³-hybridized carbons (Fsp3) is 0.481. The lowest BCUT2D eigenvalue weighted by molar-refractivity contribution is -0.141. The lowest BCUT2D eigenvalue weighted by Crippen LogP contribution is -2.52. The molecule has 0 radical (unpaired) electrons. The molecule has 0 unspecified atom stereocenters. The van der Waals surface area contributed by atoms with Crippen LogP contribution in [0.5, 0.6) is 0 Å². The summed E-state index contributed by atoms with van der Waals surface area (Å²) >= 11 is 3.46. The second kappa shape index (κ2) is 12.2. The maximum absolute atomic E-state index is 13.4. The summed E-state index contributed by atoms with van der Waals surface area (Å²) in [4.78, 5) is 27.9. The number of rotatable bonds is 10. The molecule has 0 spiro atoms. The van der Waals surface area contributed by atoms with Gasteiger partial charge in [-0.3, -0.25) is 13.9 Å². The van der Waals surface area contributed by atoms with Crippen molar-refractivity contribution in [3.05, 3.63) is 63.6 Å². The molecule has 7 nitrogen and oxygen atoms in total. The molecule has 0 aromatic heterocycles. The van der Waals surface area contributed by atoms with Crippen molar-refractivity contribution in [2.45, 2.75) is 72.5 Å². The molecule has 0 fully saturated rings. The van der Waals surface area contributed by atoms with Crippen molar-refractivity contribution in [2.24, 2.45) is 0 Å². The first-order chi connectivity index (χ1) is 16.6. The molecule has 2 rings (SSSR count). The third-order valence-corrected chi connectivity index (χ3v) is 7.53. The van der Waals surface area contributed by atoms with Crippen LogP contribution in [-0.2, 0) is 26.2 Å². The Labute approximate surface area is 224 Å². The van der Waals surface area contributed by atoms with Crippen LogP contribution in [0.2, 0.25) is 0 Å². The molecule has 1 N–H and O–H groups in total. The molecule has 198 valence electrons. The summed E-state index contributed by atoms with van der Waals surface area (Å²) < 4.78 is 27.2. The highest BCUT2D eigenvalue weighted by molar-refractivity contribution is 9.10. The van der Waals surface area contributed by atoms with Crippen molar-refractivity contribution < 1.29 is 18.0 Å². The Hall–Kier alpha value is -2.39. The lowest BCUT2D eigenvalue weighted by atomic mass is 10.1. The quantitative estimate of drug-likeness (QED) is 0.431. The standard InChI is InChI=1S/C27H38BrN3O4S/c1-19-13-14-24(16-20(19)2)31(36(7,34)35)15-9-12-25(32)30(18-22-10-8-11-23(28)17-22)21(3)26(33)29-27(4,5)6/h8,10-11,13-14,16-17,21H,9,12,15,18H2,1-7H3,(H,29,33)/t21-/m1/s1. The summed E-state index contributed by atoms with van der Waals surface area (Å²) in [6, 6.07) is 12.4. The predicted octanol–water partition coefficient (Wildman–Crippen LogP) is 4.94. The first-order valence-electron chi connectivity index (χ1n) is 12.0. The van der Waals surface area contributed by atoms with Gasteiger partial charge in [0.25, 0.3) is 0 Å².